The van der Waals surface area contributed by atoms with E-state index in [-0.39, 0.29) is 5.91 Å². The number of anilines is 1. The molecule has 1 aliphatic heterocycles. The summed E-state index contributed by atoms with van der Waals surface area (Å²) in [5.74, 6) is 1.34. The Hall–Kier alpha value is -3.55. The van der Waals surface area contributed by atoms with Crippen molar-refractivity contribution in [1.29, 1.82) is 0 Å². The Morgan fingerprint density at radius 1 is 1.23 bits per heavy atom. The lowest BCUT2D eigenvalue weighted by Gasteiger charge is -2.13. The van der Waals surface area contributed by atoms with Crippen LogP contribution in [0.5, 0.6) is 5.88 Å². The predicted molar refractivity (Wildman–Crippen MR) is 94.1 cm³/mol. The average molecular weight is 349 g/mol. The molecule has 0 bridgehead atoms. The number of para-hydroxylation sites is 1. The number of rotatable bonds is 3. The summed E-state index contributed by atoms with van der Waals surface area (Å²) < 4.78 is 13.0. The fourth-order valence-corrected chi connectivity index (χ4v) is 2.98. The van der Waals surface area contributed by atoms with Crippen molar-refractivity contribution in [3.8, 4) is 17.3 Å². The van der Waals surface area contributed by atoms with Gasteiger partial charge in [0, 0.05) is 30.5 Å². The lowest BCUT2D eigenvalue weighted by molar-refractivity contribution is 0.102. The van der Waals surface area contributed by atoms with Crippen LogP contribution in [-0.4, -0.2) is 32.5 Å². The smallest absolute Gasteiger partial charge is 0.277 e. The molecule has 4 heterocycles. The number of ether oxygens (including phenoxy) is 1. The molecule has 0 saturated heterocycles. The number of carbonyl (C=O) groups excluding carboxylic acids is 1. The van der Waals surface area contributed by atoms with Gasteiger partial charge < -0.3 is 14.5 Å². The SMILES string of the molecule is O=C(Nc1cc(-c2cc3ccccc3o2)[nH]n1)c1cc2n(n1)CCCO2. The van der Waals surface area contributed by atoms with Crippen molar-refractivity contribution in [3.63, 3.8) is 0 Å². The number of carbonyl (C=O) groups is 1. The van der Waals surface area contributed by atoms with Crippen molar-refractivity contribution < 1.29 is 13.9 Å². The molecule has 0 fully saturated rings. The van der Waals surface area contributed by atoms with Crippen LogP contribution in [-0.2, 0) is 6.54 Å². The van der Waals surface area contributed by atoms with E-state index >= 15 is 0 Å². The van der Waals surface area contributed by atoms with Crippen LogP contribution in [0.2, 0.25) is 0 Å². The highest BCUT2D eigenvalue weighted by atomic mass is 16.5. The molecule has 26 heavy (non-hydrogen) atoms. The largest absolute Gasteiger partial charge is 0.478 e. The lowest BCUT2D eigenvalue weighted by atomic mass is 10.2. The first-order valence-corrected chi connectivity index (χ1v) is 8.33. The van der Waals surface area contributed by atoms with E-state index in [9.17, 15) is 4.79 Å². The van der Waals surface area contributed by atoms with Gasteiger partial charge in [0.2, 0.25) is 5.88 Å². The van der Waals surface area contributed by atoms with E-state index < -0.39 is 0 Å². The molecule has 0 aliphatic carbocycles. The van der Waals surface area contributed by atoms with Crippen LogP contribution in [0.15, 0.2) is 46.9 Å². The van der Waals surface area contributed by atoms with E-state index in [1.165, 1.54) is 0 Å². The van der Waals surface area contributed by atoms with Crippen molar-refractivity contribution in [1.82, 2.24) is 20.0 Å². The summed E-state index contributed by atoms with van der Waals surface area (Å²) in [7, 11) is 0. The normalized spacial score (nSPS) is 13.4. The van der Waals surface area contributed by atoms with Crippen molar-refractivity contribution in [2.24, 2.45) is 0 Å². The number of nitrogens with zero attached hydrogens (tertiary/aromatic N) is 3. The highest BCUT2D eigenvalue weighted by molar-refractivity contribution is 6.02. The van der Waals surface area contributed by atoms with Crippen molar-refractivity contribution in [3.05, 3.63) is 48.2 Å². The third-order valence-corrected chi connectivity index (χ3v) is 4.25. The van der Waals surface area contributed by atoms with Crippen LogP contribution >= 0.6 is 0 Å². The number of hydrogen-bond donors (Lipinski definition) is 2. The van der Waals surface area contributed by atoms with Gasteiger partial charge in [-0.2, -0.15) is 10.2 Å². The Morgan fingerprint density at radius 2 is 2.15 bits per heavy atom. The van der Waals surface area contributed by atoms with Gasteiger partial charge in [0.1, 0.15) is 11.3 Å². The quantitative estimate of drug-likeness (QED) is 0.592. The van der Waals surface area contributed by atoms with Crippen molar-refractivity contribution in [2.75, 3.05) is 11.9 Å². The fourth-order valence-electron chi connectivity index (χ4n) is 2.98. The van der Waals surface area contributed by atoms with E-state index in [2.05, 4.69) is 20.6 Å². The summed E-state index contributed by atoms with van der Waals surface area (Å²) in [6.45, 7) is 1.40. The number of aryl methyl sites for hydroxylation is 1. The van der Waals surface area contributed by atoms with E-state index in [1.54, 1.807) is 16.8 Å². The van der Waals surface area contributed by atoms with Crippen LogP contribution < -0.4 is 10.1 Å². The van der Waals surface area contributed by atoms with Crippen molar-refractivity contribution >= 4 is 22.7 Å². The van der Waals surface area contributed by atoms with Crippen LogP contribution in [0.1, 0.15) is 16.9 Å². The highest BCUT2D eigenvalue weighted by Crippen LogP contribution is 2.27. The van der Waals surface area contributed by atoms with Gasteiger partial charge in [0.05, 0.1) is 6.61 Å². The third-order valence-electron chi connectivity index (χ3n) is 4.25. The molecule has 8 nitrogen and oxygen atoms in total. The number of hydrogen-bond acceptors (Lipinski definition) is 5. The van der Waals surface area contributed by atoms with Gasteiger partial charge in [0.15, 0.2) is 17.3 Å². The highest BCUT2D eigenvalue weighted by Gasteiger charge is 2.19. The number of H-pyrrole nitrogens is 1. The second-order valence-electron chi connectivity index (χ2n) is 6.06. The van der Waals surface area contributed by atoms with Crippen LogP contribution in [0.3, 0.4) is 0 Å². The second-order valence-corrected chi connectivity index (χ2v) is 6.06. The molecular formula is C18H15N5O3. The monoisotopic (exact) mass is 349 g/mol. The summed E-state index contributed by atoms with van der Waals surface area (Å²) in [6, 6.07) is 13.0. The first-order chi connectivity index (χ1) is 12.8. The zero-order valence-electron chi connectivity index (χ0n) is 13.7. The lowest BCUT2D eigenvalue weighted by Crippen LogP contribution is -2.16. The Labute approximate surface area is 147 Å². The molecule has 0 spiro atoms. The number of furan rings is 1. The average Bonchev–Trinajstić information content (AvgIpc) is 3.38. The van der Waals surface area contributed by atoms with E-state index in [0.717, 1.165) is 23.9 Å². The summed E-state index contributed by atoms with van der Waals surface area (Å²) in [5, 5.41) is 15.0. The van der Waals surface area contributed by atoms with E-state index in [4.69, 9.17) is 9.15 Å². The van der Waals surface area contributed by atoms with Crippen LogP contribution in [0, 0.1) is 0 Å². The molecule has 1 amide bonds. The summed E-state index contributed by atoms with van der Waals surface area (Å²) in [4.78, 5) is 12.4. The summed E-state index contributed by atoms with van der Waals surface area (Å²) >= 11 is 0. The molecule has 1 aromatic carbocycles. The molecule has 0 saturated carbocycles. The van der Waals surface area contributed by atoms with Crippen molar-refractivity contribution in [2.45, 2.75) is 13.0 Å². The Balaban J connectivity index is 1.36. The van der Waals surface area contributed by atoms with E-state index in [0.29, 0.717) is 35.5 Å². The van der Waals surface area contributed by atoms with Crippen LogP contribution in [0.25, 0.3) is 22.4 Å². The van der Waals surface area contributed by atoms with Gasteiger partial charge in [-0.25, -0.2) is 4.68 Å². The number of fused-ring (bicyclic) bond motifs is 2. The Bertz CT molecular complexity index is 1050. The molecule has 4 aromatic rings. The zero-order valence-corrected chi connectivity index (χ0v) is 13.7. The fraction of sp³-hybridized carbons (Fsp3) is 0.167. The van der Waals surface area contributed by atoms with Crippen LogP contribution in [0.4, 0.5) is 5.82 Å². The number of nitrogens with one attached hydrogen (secondary N) is 2. The summed E-state index contributed by atoms with van der Waals surface area (Å²) in [6.07, 6.45) is 0.885. The van der Waals surface area contributed by atoms with Gasteiger partial charge >= 0.3 is 0 Å². The molecular weight excluding hydrogens is 334 g/mol. The second kappa shape index (κ2) is 5.76. The number of aromatic nitrogens is 4. The minimum absolute atomic E-state index is 0.301. The van der Waals surface area contributed by atoms with Gasteiger partial charge in [-0.3, -0.25) is 9.89 Å². The molecule has 8 heteroatoms. The topological polar surface area (TPSA) is 98.0 Å². The Morgan fingerprint density at radius 3 is 3.04 bits per heavy atom. The standard InChI is InChI=1S/C18H15N5O3/c24-18(13-10-17-23(22-13)6-3-7-25-17)19-16-9-12(20-21-16)15-8-11-4-1-2-5-14(11)26-15/h1-2,4-5,8-10H,3,6-7H2,(H2,19,20,21,24). The van der Waals surface area contributed by atoms with Gasteiger partial charge in [-0.1, -0.05) is 18.2 Å². The molecule has 1 aliphatic rings. The minimum Gasteiger partial charge on any atom is -0.478 e. The molecule has 0 atom stereocenters. The Kier molecular flexibility index (Phi) is 3.27. The molecule has 0 radical (unpaired) electrons. The van der Waals surface area contributed by atoms with Gasteiger partial charge in [-0.15, -0.1) is 0 Å². The van der Waals surface area contributed by atoms with E-state index in [1.807, 2.05) is 30.3 Å². The maximum atomic E-state index is 12.4. The summed E-state index contributed by atoms with van der Waals surface area (Å²) in [5.41, 5.74) is 1.78. The molecule has 3 aromatic heterocycles. The number of aromatic amines is 1. The number of amides is 1. The molecule has 5 rings (SSSR count). The first-order valence-electron chi connectivity index (χ1n) is 8.33. The maximum absolute atomic E-state index is 12.4. The number of benzene rings is 1. The minimum atomic E-state index is -0.335. The first kappa shape index (κ1) is 14.8. The predicted octanol–water partition coefficient (Wildman–Crippen LogP) is 3.05. The molecule has 130 valence electrons. The van der Waals surface area contributed by atoms with Gasteiger partial charge in [-0.05, 0) is 12.1 Å². The molecule has 0 unspecified atom stereocenters. The zero-order chi connectivity index (χ0) is 17.5. The maximum Gasteiger partial charge on any atom is 0.277 e. The van der Waals surface area contributed by atoms with Gasteiger partial charge in [0.25, 0.3) is 5.91 Å². The third kappa shape index (κ3) is 2.52. The molecule has 2 N–H and O–H groups in total.